The molecular weight excluding hydrogens is 263 g/mol. The first kappa shape index (κ1) is 15.4. The van der Waals surface area contributed by atoms with Crippen LogP contribution < -0.4 is 5.32 Å². The normalized spacial score (nSPS) is 23.5. The van der Waals surface area contributed by atoms with Crippen molar-refractivity contribution in [1.82, 2.24) is 5.32 Å². The van der Waals surface area contributed by atoms with E-state index in [1.807, 2.05) is 0 Å². The second kappa shape index (κ2) is 5.06. The van der Waals surface area contributed by atoms with Crippen molar-refractivity contribution in [3.63, 3.8) is 0 Å². The quantitative estimate of drug-likeness (QED) is 0.867. The SMILES string of the molecule is CC(C)(C)CC1(Cc2ccccc2C(F)(F)F)CCN1. The van der Waals surface area contributed by atoms with E-state index in [1.165, 1.54) is 12.1 Å². The van der Waals surface area contributed by atoms with Crippen molar-refractivity contribution < 1.29 is 13.2 Å². The molecule has 1 saturated heterocycles. The molecule has 0 aromatic heterocycles. The Bertz CT molecular complexity index is 467. The average molecular weight is 285 g/mol. The Kier molecular flexibility index (Phi) is 3.89. The van der Waals surface area contributed by atoms with Gasteiger partial charge >= 0.3 is 6.18 Å². The van der Waals surface area contributed by atoms with Crippen LogP contribution in [-0.2, 0) is 12.6 Å². The maximum absolute atomic E-state index is 13.1. The van der Waals surface area contributed by atoms with Crippen molar-refractivity contribution in [3.05, 3.63) is 35.4 Å². The van der Waals surface area contributed by atoms with Crippen LogP contribution in [0.3, 0.4) is 0 Å². The molecule has 0 aliphatic carbocycles. The highest BCUT2D eigenvalue weighted by molar-refractivity contribution is 5.32. The number of alkyl halides is 3. The van der Waals surface area contributed by atoms with Gasteiger partial charge in [0.15, 0.2) is 0 Å². The van der Waals surface area contributed by atoms with E-state index in [0.29, 0.717) is 12.0 Å². The van der Waals surface area contributed by atoms with Gasteiger partial charge in [-0.3, -0.25) is 0 Å². The van der Waals surface area contributed by atoms with Crippen molar-refractivity contribution >= 4 is 0 Å². The van der Waals surface area contributed by atoms with E-state index in [0.717, 1.165) is 19.4 Å². The Morgan fingerprint density at radius 2 is 1.75 bits per heavy atom. The minimum Gasteiger partial charge on any atom is -0.311 e. The monoisotopic (exact) mass is 285 g/mol. The molecule has 1 unspecified atom stereocenters. The van der Waals surface area contributed by atoms with E-state index >= 15 is 0 Å². The molecule has 1 nitrogen and oxygen atoms in total. The summed E-state index contributed by atoms with van der Waals surface area (Å²) in [6.45, 7) is 7.28. The fourth-order valence-electron chi connectivity index (χ4n) is 3.17. The lowest BCUT2D eigenvalue weighted by molar-refractivity contribution is -0.138. The van der Waals surface area contributed by atoms with Gasteiger partial charge in [-0.1, -0.05) is 39.0 Å². The summed E-state index contributed by atoms with van der Waals surface area (Å²) in [6.07, 6.45) is -2.01. The van der Waals surface area contributed by atoms with Gasteiger partial charge in [0, 0.05) is 5.54 Å². The molecule has 2 rings (SSSR count). The number of hydrogen-bond acceptors (Lipinski definition) is 1. The van der Waals surface area contributed by atoms with Crippen LogP contribution in [-0.4, -0.2) is 12.1 Å². The van der Waals surface area contributed by atoms with Crippen LogP contribution in [0.4, 0.5) is 13.2 Å². The molecule has 1 heterocycles. The smallest absolute Gasteiger partial charge is 0.311 e. The van der Waals surface area contributed by atoms with Gasteiger partial charge in [-0.2, -0.15) is 13.2 Å². The number of hydrogen-bond donors (Lipinski definition) is 1. The van der Waals surface area contributed by atoms with E-state index in [4.69, 9.17) is 0 Å². The van der Waals surface area contributed by atoms with E-state index in [9.17, 15) is 13.2 Å². The molecule has 20 heavy (non-hydrogen) atoms. The molecule has 0 saturated carbocycles. The fraction of sp³-hybridized carbons (Fsp3) is 0.625. The molecule has 4 heteroatoms. The third kappa shape index (κ3) is 3.54. The van der Waals surface area contributed by atoms with Crippen LogP contribution in [0.1, 0.15) is 44.7 Å². The molecule has 1 aromatic carbocycles. The first-order chi connectivity index (χ1) is 9.11. The third-order valence-corrected chi connectivity index (χ3v) is 3.82. The van der Waals surface area contributed by atoms with Crippen LogP contribution in [0.2, 0.25) is 0 Å². The lowest BCUT2D eigenvalue weighted by atomic mass is 9.71. The molecule has 1 aromatic rings. The minimum atomic E-state index is -4.27. The summed E-state index contributed by atoms with van der Waals surface area (Å²) >= 11 is 0. The Morgan fingerprint density at radius 1 is 1.15 bits per heavy atom. The Balaban J connectivity index is 2.25. The maximum Gasteiger partial charge on any atom is 0.416 e. The molecule has 1 N–H and O–H groups in total. The second-order valence-electron chi connectivity index (χ2n) is 7.03. The summed E-state index contributed by atoms with van der Waals surface area (Å²) in [5, 5.41) is 3.38. The fourth-order valence-corrected chi connectivity index (χ4v) is 3.17. The third-order valence-electron chi connectivity index (χ3n) is 3.82. The van der Waals surface area contributed by atoms with Gasteiger partial charge in [0.1, 0.15) is 0 Å². The van der Waals surface area contributed by atoms with Crippen molar-refractivity contribution in [2.24, 2.45) is 5.41 Å². The van der Waals surface area contributed by atoms with Gasteiger partial charge in [-0.25, -0.2) is 0 Å². The average Bonchev–Trinajstić information content (AvgIpc) is 2.23. The van der Waals surface area contributed by atoms with Crippen molar-refractivity contribution in [2.45, 2.75) is 51.7 Å². The van der Waals surface area contributed by atoms with Crippen LogP contribution in [0, 0.1) is 5.41 Å². The van der Waals surface area contributed by atoms with Crippen LogP contribution >= 0.6 is 0 Å². The lowest BCUT2D eigenvalue weighted by Gasteiger charge is -2.47. The van der Waals surface area contributed by atoms with Crippen molar-refractivity contribution in [3.8, 4) is 0 Å². The standard InChI is InChI=1S/C16H22F3N/c1-14(2,3)11-15(8-9-20-15)10-12-6-4-5-7-13(12)16(17,18)19/h4-7,20H,8-11H2,1-3H3. The molecule has 1 aliphatic heterocycles. The lowest BCUT2D eigenvalue weighted by Crippen LogP contribution is -2.60. The molecule has 0 spiro atoms. The Labute approximate surface area is 118 Å². The predicted octanol–water partition coefficient (Wildman–Crippen LogP) is 4.42. The summed E-state index contributed by atoms with van der Waals surface area (Å²) in [5.41, 5.74) is -0.182. The second-order valence-corrected chi connectivity index (χ2v) is 7.03. The highest BCUT2D eigenvalue weighted by Crippen LogP contribution is 2.39. The predicted molar refractivity (Wildman–Crippen MR) is 74.6 cm³/mol. The maximum atomic E-state index is 13.1. The minimum absolute atomic E-state index is 0.0978. The molecule has 1 aliphatic rings. The van der Waals surface area contributed by atoms with Crippen LogP contribution in [0.5, 0.6) is 0 Å². The van der Waals surface area contributed by atoms with Gasteiger partial charge in [0.25, 0.3) is 0 Å². The van der Waals surface area contributed by atoms with Crippen molar-refractivity contribution in [1.29, 1.82) is 0 Å². The summed E-state index contributed by atoms with van der Waals surface area (Å²) in [5.74, 6) is 0. The topological polar surface area (TPSA) is 12.0 Å². The first-order valence-electron chi connectivity index (χ1n) is 7.02. The van der Waals surface area contributed by atoms with Gasteiger partial charge in [0.05, 0.1) is 5.56 Å². The molecule has 0 amide bonds. The van der Waals surface area contributed by atoms with E-state index < -0.39 is 11.7 Å². The van der Waals surface area contributed by atoms with Gasteiger partial charge in [0.2, 0.25) is 0 Å². The van der Waals surface area contributed by atoms with Gasteiger partial charge < -0.3 is 5.32 Å². The first-order valence-corrected chi connectivity index (χ1v) is 7.02. The number of rotatable bonds is 3. The summed E-state index contributed by atoms with van der Waals surface area (Å²) in [4.78, 5) is 0. The summed E-state index contributed by atoms with van der Waals surface area (Å²) in [6, 6.07) is 5.93. The Morgan fingerprint density at radius 3 is 2.20 bits per heavy atom. The zero-order valence-corrected chi connectivity index (χ0v) is 12.3. The molecule has 112 valence electrons. The van der Waals surface area contributed by atoms with E-state index in [-0.39, 0.29) is 11.0 Å². The molecular formula is C16H22F3N. The number of benzene rings is 1. The van der Waals surface area contributed by atoms with E-state index in [2.05, 4.69) is 26.1 Å². The molecule has 1 fully saturated rings. The largest absolute Gasteiger partial charge is 0.416 e. The Hall–Kier alpha value is -1.03. The zero-order valence-electron chi connectivity index (χ0n) is 12.3. The molecule has 0 radical (unpaired) electrons. The number of nitrogens with one attached hydrogen (secondary N) is 1. The summed E-state index contributed by atoms with van der Waals surface area (Å²) < 4.78 is 39.2. The summed E-state index contributed by atoms with van der Waals surface area (Å²) in [7, 11) is 0. The van der Waals surface area contributed by atoms with Crippen LogP contribution in [0.25, 0.3) is 0 Å². The molecule has 0 bridgehead atoms. The highest BCUT2D eigenvalue weighted by atomic mass is 19.4. The van der Waals surface area contributed by atoms with Gasteiger partial charge in [-0.05, 0) is 42.9 Å². The zero-order chi connectivity index (χ0) is 15.0. The van der Waals surface area contributed by atoms with Crippen LogP contribution in [0.15, 0.2) is 24.3 Å². The van der Waals surface area contributed by atoms with Gasteiger partial charge in [-0.15, -0.1) is 0 Å². The van der Waals surface area contributed by atoms with E-state index in [1.54, 1.807) is 12.1 Å². The number of halogens is 3. The highest BCUT2D eigenvalue weighted by Gasteiger charge is 2.42. The molecule has 1 atom stereocenters. The van der Waals surface area contributed by atoms with Crippen molar-refractivity contribution in [2.75, 3.05) is 6.54 Å².